The fraction of sp³-hybridized carbons (Fsp3) is 0.933. The highest BCUT2D eigenvalue weighted by molar-refractivity contribution is 7.54. The van der Waals surface area contributed by atoms with Crippen molar-refractivity contribution in [3.8, 4) is 0 Å². The lowest BCUT2D eigenvalue weighted by Crippen LogP contribution is -2.43. The third kappa shape index (κ3) is 7.51. The molecule has 1 atom stereocenters. The van der Waals surface area contributed by atoms with Crippen molar-refractivity contribution in [3.63, 3.8) is 0 Å². The molecule has 0 spiro atoms. The first-order chi connectivity index (χ1) is 9.87. The van der Waals surface area contributed by atoms with Crippen molar-refractivity contribution in [2.24, 2.45) is 0 Å². The van der Waals surface area contributed by atoms with E-state index in [0.29, 0.717) is 6.42 Å². The summed E-state index contributed by atoms with van der Waals surface area (Å²) in [5, 5.41) is 0.181. The van der Waals surface area contributed by atoms with Gasteiger partial charge in [-0.2, -0.15) is 0 Å². The molecular formula is C15H33O5PSi. The Morgan fingerprint density at radius 2 is 1.68 bits per heavy atom. The van der Waals surface area contributed by atoms with Crippen molar-refractivity contribution in [1.82, 2.24) is 0 Å². The number of Topliss-reactive ketones (excluding diaryl/α,β-unsaturated/α-hetero) is 1. The smallest absolute Gasteiger partial charge is 0.337 e. The van der Waals surface area contributed by atoms with Crippen molar-refractivity contribution in [1.29, 1.82) is 0 Å². The van der Waals surface area contributed by atoms with Crippen molar-refractivity contribution in [2.75, 3.05) is 20.4 Å². The molecule has 5 nitrogen and oxygen atoms in total. The zero-order valence-electron chi connectivity index (χ0n) is 15.4. The largest absolute Gasteiger partial charge is 0.414 e. The summed E-state index contributed by atoms with van der Waals surface area (Å²) in [5.41, 5.74) is 0. The molecule has 0 aromatic rings. The van der Waals surface area contributed by atoms with Gasteiger partial charge in [0.2, 0.25) is 0 Å². The van der Waals surface area contributed by atoms with Gasteiger partial charge < -0.3 is 13.5 Å². The van der Waals surface area contributed by atoms with Crippen LogP contribution < -0.4 is 0 Å². The van der Waals surface area contributed by atoms with Gasteiger partial charge in [-0.05, 0) is 37.9 Å². The van der Waals surface area contributed by atoms with E-state index in [0.717, 1.165) is 12.8 Å². The van der Waals surface area contributed by atoms with Gasteiger partial charge in [-0.15, -0.1) is 0 Å². The molecule has 132 valence electrons. The summed E-state index contributed by atoms with van der Waals surface area (Å²) in [6.07, 6.45) is 1.90. The van der Waals surface area contributed by atoms with Crippen LogP contribution in [0.2, 0.25) is 18.1 Å². The summed E-state index contributed by atoms with van der Waals surface area (Å²) in [4.78, 5) is 11.8. The van der Waals surface area contributed by atoms with Crippen LogP contribution in [0.25, 0.3) is 0 Å². The summed E-state index contributed by atoms with van der Waals surface area (Å²) < 4.78 is 27.7. The molecule has 0 aliphatic rings. The van der Waals surface area contributed by atoms with Crippen LogP contribution in [0.1, 0.15) is 47.0 Å². The SMILES string of the molecule is COP(=O)(CC(=O)CCCC(C)O[Si](C)(C)C(C)(C)C)OC. The van der Waals surface area contributed by atoms with Gasteiger partial charge in [-0.3, -0.25) is 9.36 Å². The van der Waals surface area contributed by atoms with Crippen LogP contribution in [-0.2, 0) is 22.8 Å². The van der Waals surface area contributed by atoms with Gasteiger partial charge in [-0.25, -0.2) is 0 Å². The fourth-order valence-electron chi connectivity index (χ4n) is 1.82. The molecule has 0 saturated carbocycles. The zero-order chi connectivity index (χ0) is 17.6. The fourth-order valence-corrected chi connectivity index (χ4v) is 4.30. The first kappa shape index (κ1) is 22.0. The second-order valence-corrected chi connectivity index (χ2v) is 14.3. The maximum atomic E-state index is 11.9. The van der Waals surface area contributed by atoms with Crippen LogP contribution >= 0.6 is 7.60 Å². The lowest BCUT2D eigenvalue weighted by atomic mass is 10.1. The minimum Gasteiger partial charge on any atom is -0.414 e. The molecule has 0 saturated heterocycles. The Kier molecular flexibility index (Phi) is 8.74. The Hall–Kier alpha value is -0.00312. The van der Waals surface area contributed by atoms with Gasteiger partial charge >= 0.3 is 7.60 Å². The van der Waals surface area contributed by atoms with Crippen LogP contribution in [0.3, 0.4) is 0 Å². The van der Waals surface area contributed by atoms with Gasteiger partial charge in [-0.1, -0.05) is 20.8 Å². The molecule has 0 fully saturated rings. The van der Waals surface area contributed by atoms with E-state index in [4.69, 9.17) is 13.5 Å². The Balaban J connectivity index is 4.21. The van der Waals surface area contributed by atoms with Crippen molar-refractivity contribution in [3.05, 3.63) is 0 Å². The Labute approximate surface area is 136 Å². The van der Waals surface area contributed by atoms with E-state index in [-0.39, 0.29) is 23.1 Å². The molecule has 7 heteroatoms. The minimum absolute atomic E-state index is 0.0911. The number of ketones is 1. The highest BCUT2D eigenvalue weighted by atomic mass is 31.2. The molecular weight excluding hydrogens is 319 g/mol. The van der Waals surface area contributed by atoms with Gasteiger partial charge in [0.05, 0.1) is 0 Å². The van der Waals surface area contributed by atoms with E-state index in [2.05, 4.69) is 40.8 Å². The van der Waals surface area contributed by atoms with Crippen LogP contribution in [0.15, 0.2) is 0 Å². The maximum Gasteiger partial charge on any atom is 0.337 e. The summed E-state index contributed by atoms with van der Waals surface area (Å²) in [7, 11) is -2.40. The second kappa shape index (κ2) is 8.74. The first-order valence-corrected chi connectivity index (χ1v) is 12.4. The van der Waals surface area contributed by atoms with Gasteiger partial charge in [0.25, 0.3) is 0 Å². The molecule has 0 amide bonds. The second-order valence-electron chi connectivity index (χ2n) is 7.25. The third-order valence-corrected chi connectivity index (χ3v) is 10.8. The highest BCUT2D eigenvalue weighted by Gasteiger charge is 2.38. The minimum atomic E-state index is -3.23. The lowest BCUT2D eigenvalue weighted by Gasteiger charge is -2.38. The third-order valence-electron chi connectivity index (χ3n) is 4.29. The number of hydrogen-bond donors (Lipinski definition) is 0. The molecule has 0 aliphatic heterocycles. The summed E-state index contributed by atoms with van der Waals surface area (Å²) in [6, 6.07) is 0. The van der Waals surface area contributed by atoms with E-state index in [9.17, 15) is 9.36 Å². The van der Waals surface area contributed by atoms with Crippen LogP contribution in [0.5, 0.6) is 0 Å². The van der Waals surface area contributed by atoms with Crippen molar-refractivity contribution in [2.45, 2.75) is 71.2 Å². The van der Waals surface area contributed by atoms with E-state index < -0.39 is 15.9 Å². The maximum absolute atomic E-state index is 11.9. The van der Waals surface area contributed by atoms with E-state index in [1.54, 1.807) is 0 Å². The predicted molar refractivity (Wildman–Crippen MR) is 93.1 cm³/mol. The average Bonchev–Trinajstić information content (AvgIpc) is 2.36. The normalized spacial score (nSPS) is 14.9. The Bertz CT molecular complexity index is 395. The molecule has 0 N–H and O–H groups in total. The van der Waals surface area contributed by atoms with Gasteiger partial charge in [0.1, 0.15) is 11.9 Å². The Morgan fingerprint density at radius 3 is 2.09 bits per heavy atom. The number of hydrogen-bond acceptors (Lipinski definition) is 5. The van der Waals surface area contributed by atoms with E-state index in [1.807, 2.05) is 0 Å². The molecule has 0 heterocycles. The molecule has 0 radical (unpaired) electrons. The van der Waals surface area contributed by atoms with Crippen molar-refractivity contribution < 1.29 is 22.8 Å². The quantitative estimate of drug-likeness (QED) is 0.424. The molecule has 0 aliphatic carbocycles. The molecule has 0 aromatic heterocycles. The van der Waals surface area contributed by atoms with E-state index >= 15 is 0 Å². The highest BCUT2D eigenvalue weighted by Crippen LogP contribution is 2.46. The molecule has 1 unspecified atom stereocenters. The van der Waals surface area contributed by atoms with Gasteiger partial charge in [0.15, 0.2) is 8.32 Å². The van der Waals surface area contributed by atoms with Crippen molar-refractivity contribution >= 4 is 21.7 Å². The van der Waals surface area contributed by atoms with Gasteiger partial charge in [0, 0.05) is 26.7 Å². The summed E-state index contributed by atoms with van der Waals surface area (Å²) >= 11 is 0. The Morgan fingerprint density at radius 1 is 1.18 bits per heavy atom. The number of carbonyl (C=O) groups excluding carboxylic acids is 1. The number of carbonyl (C=O) groups is 1. The first-order valence-electron chi connectivity index (χ1n) is 7.77. The van der Waals surface area contributed by atoms with Crippen LogP contribution in [0, 0.1) is 0 Å². The number of rotatable bonds is 10. The monoisotopic (exact) mass is 352 g/mol. The molecule has 0 aromatic carbocycles. The summed E-state index contributed by atoms with van der Waals surface area (Å²) in [5.74, 6) is -0.0911. The molecule has 0 bridgehead atoms. The predicted octanol–water partition coefficient (Wildman–Crippen LogP) is 4.62. The summed E-state index contributed by atoms with van der Waals surface area (Å²) in [6.45, 7) is 13.1. The zero-order valence-corrected chi connectivity index (χ0v) is 17.3. The molecule has 0 rings (SSSR count). The topological polar surface area (TPSA) is 61.8 Å². The van der Waals surface area contributed by atoms with Crippen LogP contribution in [0.4, 0.5) is 0 Å². The lowest BCUT2D eigenvalue weighted by molar-refractivity contribution is -0.117. The van der Waals surface area contributed by atoms with Crippen LogP contribution in [-0.4, -0.2) is 40.6 Å². The van der Waals surface area contributed by atoms with E-state index in [1.165, 1.54) is 14.2 Å². The average molecular weight is 352 g/mol. The standard InChI is InChI=1S/C15H33O5PSi/c1-13(20-22(7,8)15(2,3)4)10-9-11-14(16)12-21(17,18-5)19-6/h13H,9-12H2,1-8H3. The molecule has 22 heavy (non-hydrogen) atoms.